The van der Waals surface area contributed by atoms with Gasteiger partial charge in [0.2, 0.25) is 5.91 Å². The first-order valence-electron chi connectivity index (χ1n) is 8.81. The first kappa shape index (κ1) is 21.0. The van der Waals surface area contributed by atoms with Gasteiger partial charge in [0.1, 0.15) is 22.9 Å². The third-order valence-corrected chi connectivity index (χ3v) is 5.45. The number of nitrogens with one attached hydrogen (secondary N) is 2. The van der Waals surface area contributed by atoms with Gasteiger partial charge in [0.25, 0.3) is 5.56 Å². The van der Waals surface area contributed by atoms with Gasteiger partial charge in [-0.3, -0.25) is 19.4 Å². The maximum atomic E-state index is 12.9. The van der Waals surface area contributed by atoms with E-state index >= 15 is 0 Å². The number of amides is 1. The molecule has 1 aromatic heterocycles. The maximum absolute atomic E-state index is 12.9. The molecule has 0 bridgehead atoms. The lowest BCUT2D eigenvalue weighted by atomic mass is 10.0. The molecule has 2 atom stereocenters. The molecule has 0 saturated carbocycles. The van der Waals surface area contributed by atoms with Crippen molar-refractivity contribution in [2.45, 2.75) is 45.2 Å². The van der Waals surface area contributed by atoms with E-state index in [0.717, 1.165) is 6.42 Å². The van der Waals surface area contributed by atoms with E-state index in [0.29, 0.717) is 28.7 Å². The van der Waals surface area contributed by atoms with Crippen molar-refractivity contribution in [3.63, 3.8) is 0 Å². The van der Waals surface area contributed by atoms with Crippen molar-refractivity contribution in [3.05, 3.63) is 40.8 Å². The molecule has 0 saturated heterocycles. The number of hydrogen-bond donors (Lipinski definition) is 2. The van der Waals surface area contributed by atoms with Gasteiger partial charge in [-0.15, -0.1) is 11.8 Å². The van der Waals surface area contributed by atoms with Crippen LogP contribution in [-0.2, 0) is 9.59 Å². The summed E-state index contributed by atoms with van der Waals surface area (Å²) in [5.41, 5.74) is -0.738. The van der Waals surface area contributed by atoms with E-state index in [1.54, 1.807) is 19.1 Å². The van der Waals surface area contributed by atoms with Crippen molar-refractivity contribution in [2.75, 3.05) is 12.4 Å². The minimum absolute atomic E-state index is 0.141. The summed E-state index contributed by atoms with van der Waals surface area (Å²) in [5.74, 6) is 0.413. The van der Waals surface area contributed by atoms with Crippen molar-refractivity contribution in [3.8, 4) is 5.75 Å². The first-order valence-corrected chi connectivity index (χ1v) is 9.80. The lowest BCUT2D eigenvalue weighted by molar-refractivity contribution is -0.125. The lowest BCUT2D eigenvalue weighted by Gasteiger charge is -2.24. The van der Waals surface area contributed by atoms with E-state index in [2.05, 4.69) is 21.9 Å². The SMILES string of the molecule is C=CCOc1cc([C@@H](CCC)NC(=O)[C@]2(C)CSC(C(C)=O)=N2)[nH]c(=O)c1. The van der Waals surface area contributed by atoms with Gasteiger partial charge in [-0.05, 0) is 13.3 Å². The Hall–Kier alpha value is -2.35. The average Bonchev–Trinajstić information content (AvgIpc) is 3.03. The Morgan fingerprint density at radius 3 is 2.85 bits per heavy atom. The summed E-state index contributed by atoms with van der Waals surface area (Å²) in [4.78, 5) is 43.4. The van der Waals surface area contributed by atoms with E-state index in [4.69, 9.17) is 4.74 Å². The molecule has 0 radical (unpaired) electrons. The highest BCUT2D eigenvalue weighted by molar-refractivity contribution is 8.16. The fourth-order valence-corrected chi connectivity index (χ4v) is 3.75. The highest BCUT2D eigenvalue weighted by atomic mass is 32.2. The van der Waals surface area contributed by atoms with Crippen molar-refractivity contribution < 1.29 is 14.3 Å². The van der Waals surface area contributed by atoms with Gasteiger partial charge < -0.3 is 15.0 Å². The Labute approximate surface area is 162 Å². The normalized spacial score (nSPS) is 19.9. The molecule has 0 aliphatic carbocycles. The van der Waals surface area contributed by atoms with Gasteiger partial charge >= 0.3 is 0 Å². The number of carbonyl (C=O) groups is 2. The van der Waals surface area contributed by atoms with Crippen LogP contribution in [0.4, 0.5) is 0 Å². The molecule has 0 fully saturated rings. The van der Waals surface area contributed by atoms with Gasteiger partial charge in [0.05, 0.1) is 6.04 Å². The van der Waals surface area contributed by atoms with Crippen LogP contribution in [0, 0.1) is 0 Å². The molecule has 1 aromatic rings. The van der Waals surface area contributed by atoms with Crippen LogP contribution in [0.25, 0.3) is 0 Å². The summed E-state index contributed by atoms with van der Waals surface area (Å²) in [6, 6.07) is 2.68. The second kappa shape index (κ2) is 9.03. The molecule has 1 aliphatic heterocycles. The van der Waals surface area contributed by atoms with Gasteiger partial charge in [-0.1, -0.05) is 26.0 Å². The van der Waals surface area contributed by atoms with Crippen LogP contribution in [0.3, 0.4) is 0 Å². The molecule has 146 valence electrons. The number of ketones is 1. The Balaban J connectivity index is 2.24. The number of Topliss-reactive ketones (excluding diaryl/α,β-unsaturated/α-hetero) is 1. The summed E-state index contributed by atoms with van der Waals surface area (Å²) in [5, 5.41) is 3.34. The topological polar surface area (TPSA) is 101 Å². The minimum atomic E-state index is -1.01. The van der Waals surface area contributed by atoms with E-state index in [1.165, 1.54) is 24.8 Å². The number of H-pyrrole nitrogens is 1. The Kier molecular flexibility index (Phi) is 7.01. The number of carbonyl (C=O) groups excluding carboxylic acids is 2. The molecule has 2 N–H and O–H groups in total. The predicted octanol–water partition coefficient (Wildman–Crippen LogP) is 2.39. The molecule has 1 amide bonds. The summed E-state index contributed by atoms with van der Waals surface area (Å²) >= 11 is 1.29. The van der Waals surface area contributed by atoms with Crippen LogP contribution in [0.2, 0.25) is 0 Å². The second-order valence-corrected chi connectivity index (χ2v) is 7.55. The number of rotatable bonds is 9. The average molecular weight is 391 g/mol. The molecule has 0 spiro atoms. The van der Waals surface area contributed by atoms with Crippen molar-refractivity contribution in [1.29, 1.82) is 0 Å². The molecule has 27 heavy (non-hydrogen) atoms. The third kappa shape index (κ3) is 5.32. The number of aromatic amines is 1. The molecule has 2 rings (SSSR count). The van der Waals surface area contributed by atoms with Crippen LogP contribution in [0.5, 0.6) is 5.75 Å². The van der Waals surface area contributed by atoms with E-state index in [-0.39, 0.29) is 29.9 Å². The lowest BCUT2D eigenvalue weighted by Crippen LogP contribution is -2.45. The highest BCUT2D eigenvalue weighted by Gasteiger charge is 2.40. The summed E-state index contributed by atoms with van der Waals surface area (Å²) in [6.45, 7) is 9.01. The molecule has 8 heteroatoms. The fraction of sp³-hybridized carbons (Fsp3) is 0.474. The molecule has 1 aliphatic rings. The van der Waals surface area contributed by atoms with Crippen molar-refractivity contribution >= 4 is 28.5 Å². The standard InChI is InChI=1S/C19H25N3O4S/c1-5-7-14(15-9-13(26-8-6-2)10-16(24)20-15)21-18(25)19(4)11-27-17(22-19)12(3)23/h6,9-10,14H,2,5,7-8,11H2,1,3-4H3,(H,20,24)(H,21,25)/t14-,19+/m1/s1. The van der Waals surface area contributed by atoms with E-state index < -0.39 is 5.54 Å². The van der Waals surface area contributed by atoms with Gasteiger partial charge in [-0.2, -0.15) is 0 Å². The van der Waals surface area contributed by atoms with Gasteiger partial charge in [-0.25, -0.2) is 0 Å². The fourth-order valence-electron chi connectivity index (χ4n) is 2.67. The number of aliphatic imine (C=N–C) groups is 1. The Morgan fingerprint density at radius 1 is 1.52 bits per heavy atom. The monoisotopic (exact) mass is 391 g/mol. The van der Waals surface area contributed by atoms with Crippen LogP contribution in [-0.4, -0.2) is 39.6 Å². The van der Waals surface area contributed by atoms with Crippen LogP contribution < -0.4 is 15.6 Å². The quantitative estimate of drug-likeness (QED) is 0.630. The van der Waals surface area contributed by atoms with Crippen molar-refractivity contribution in [1.82, 2.24) is 10.3 Å². The number of pyridine rings is 1. The Morgan fingerprint density at radius 2 is 2.26 bits per heavy atom. The highest BCUT2D eigenvalue weighted by Crippen LogP contribution is 2.30. The van der Waals surface area contributed by atoms with Crippen LogP contribution in [0.1, 0.15) is 45.3 Å². The molecular weight excluding hydrogens is 366 g/mol. The zero-order chi connectivity index (χ0) is 20.0. The second-order valence-electron chi connectivity index (χ2n) is 6.59. The van der Waals surface area contributed by atoms with E-state index in [1.807, 2.05) is 6.92 Å². The third-order valence-electron chi connectivity index (χ3n) is 4.09. The zero-order valence-electron chi connectivity index (χ0n) is 15.8. The number of nitrogens with zero attached hydrogens (tertiary/aromatic N) is 1. The molecular formula is C19H25N3O4S. The van der Waals surface area contributed by atoms with Crippen LogP contribution >= 0.6 is 11.8 Å². The summed E-state index contributed by atoms with van der Waals surface area (Å²) < 4.78 is 5.46. The number of hydrogen-bond acceptors (Lipinski definition) is 6. The van der Waals surface area contributed by atoms with E-state index in [9.17, 15) is 14.4 Å². The summed E-state index contributed by atoms with van der Waals surface area (Å²) in [7, 11) is 0. The van der Waals surface area contributed by atoms with Gasteiger partial charge in [0.15, 0.2) is 5.78 Å². The maximum Gasteiger partial charge on any atom is 0.251 e. The summed E-state index contributed by atoms with van der Waals surface area (Å²) in [6.07, 6.45) is 3.03. The molecule has 0 aromatic carbocycles. The molecule has 7 nitrogen and oxygen atoms in total. The molecule has 0 unspecified atom stereocenters. The number of ether oxygens (including phenoxy) is 1. The predicted molar refractivity (Wildman–Crippen MR) is 108 cm³/mol. The van der Waals surface area contributed by atoms with Gasteiger partial charge in [0, 0.05) is 30.5 Å². The van der Waals surface area contributed by atoms with Crippen LogP contribution in [0.15, 0.2) is 34.6 Å². The number of thioether (sulfide) groups is 1. The first-order chi connectivity index (χ1) is 12.8. The van der Waals surface area contributed by atoms with Crippen molar-refractivity contribution in [2.24, 2.45) is 4.99 Å². The largest absolute Gasteiger partial charge is 0.489 e. The smallest absolute Gasteiger partial charge is 0.251 e. The zero-order valence-corrected chi connectivity index (χ0v) is 16.6. The Bertz CT molecular complexity index is 817. The minimum Gasteiger partial charge on any atom is -0.489 e. The number of aromatic nitrogens is 1. The molecule has 2 heterocycles.